The molecule has 0 heterocycles. The first-order valence-corrected chi connectivity index (χ1v) is 14.1. The fraction of sp³-hybridized carbons (Fsp3) is 0.917. The molecule has 9 nitrogen and oxygen atoms in total. The Morgan fingerprint density at radius 1 is 0.912 bits per heavy atom. The second-order valence-electron chi connectivity index (χ2n) is 10.1. The van der Waals surface area contributed by atoms with Crippen molar-refractivity contribution in [2.45, 2.75) is 103 Å². The second-order valence-corrected chi connectivity index (χ2v) is 11.5. The summed E-state index contributed by atoms with van der Waals surface area (Å²) in [6.45, 7) is 2.59. The highest BCUT2D eigenvalue weighted by atomic mass is 31.2. The van der Waals surface area contributed by atoms with Gasteiger partial charge >= 0.3 is 0 Å². The Bertz CT molecular complexity index is 609. The van der Waals surface area contributed by atoms with Crippen molar-refractivity contribution in [1.29, 1.82) is 0 Å². The summed E-state index contributed by atoms with van der Waals surface area (Å²) >= 11 is 0. The van der Waals surface area contributed by atoms with Crippen LogP contribution in [0.15, 0.2) is 0 Å². The molecule has 2 atom stereocenters. The zero-order valence-electron chi connectivity index (χ0n) is 21.9. The molecule has 202 valence electrons. The van der Waals surface area contributed by atoms with E-state index in [0.717, 1.165) is 51.4 Å². The Balaban J connectivity index is 5.84. The van der Waals surface area contributed by atoms with Crippen LogP contribution in [-0.2, 0) is 23.2 Å². The Kier molecular flexibility index (Phi) is 16.6. The summed E-state index contributed by atoms with van der Waals surface area (Å²) in [5.41, 5.74) is -2.19. The van der Waals surface area contributed by atoms with Crippen LogP contribution in [0.3, 0.4) is 0 Å². The minimum absolute atomic E-state index is 0.0323. The number of nitrogens with zero attached hydrogens (tertiary/aromatic N) is 1. The minimum Gasteiger partial charge on any atom is -0.756 e. The summed E-state index contributed by atoms with van der Waals surface area (Å²) in [5.74, 6) is -1.11. The summed E-state index contributed by atoms with van der Waals surface area (Å²) in [4.78, 5) is 39.6. The molecule has 0 fully saturated rings. The number of quaternary nitrogens is 1. The van der Waals surface area contributed by atoms with Gasteiger partial charge in [-0.25, -0.2) is 0 Å². The number of aliphatic hydroxyl groups excluding tert-OH is 2. The maximum atomic E-state index is 13.5. The molecular weight excluding hydrogens is 461 g/mol. The Hall–Kier alpha value is -0.670. The van der Waals surface area contributed by atoms with Gasteiger partial charge < -0.3 is 24.1 Å². The molecular formula is C24H48NO8P. The third-order valence-corrected chi connectivity index (χ3v) is 6.52. The maximum absolute atomic E-state index is 13.5. The highest BCUT2D eigenvalue weighted by Gasteiger charge is 2.52. The van der Waals surface area contributed by atoms with Gasteiger partial charge in [0.1, 0.15) is 12.6 Å². The molecule has 0 spiro atoms. The number of unbranched alkanes of at least 4 members (excludes halogenated alkanes) is 8. The smallest absolute Gasteiger partial charge is 0.269 e. The van der Waals surface area contributed by atoms with E-state index in [1.54, 1.807) is 21.1 Å². The molecule has 0 saturated heterocycles. The van der Waals surface area contributed by atoms with Gasteiger partial charge in [0, 0.05) is 12.8 Å². The first-order valence-electron chi connectivity index (χ1n) is 12.7. The Labute approximate surface area is 206 Å². The predicted octanol–water partition coefficient (Wildman–Crippen LogP) is 3.15. The van der Waals surface area contributed by atoms with Gasteiger partial charge in [0.05, 0.1) is 34.4 Å². The first-order chi connectivity index (χ1) is 15.8. The number of likely N-dealkylation sites (N-methyl/N-ethyl adjacent to an activating group) is 1. The molecule has 2 N–H and O–H groups in total. The molecule has 0 amide bonds. The summed E-state index contributed by atoms with van der Waals surface area (Å²) in [5, 5.41) is 18.4. The number of carbonyl (C=O) groups excluding carboxylic acids is 2. The van der Waals surface area contributed by atoms with Gasteiger partial charge in [-0.3, -0.25) is 18.7 Å². The quantitative estimate of drug-likeness (QED) is 0.0984. The number of phosphoric acid groups is 1. The lowest BCUT2D eigenvalue weighted by molar-refractivity contribution is -0.874. The molecule has 0 aliphatic heterocycles. The average molecular weight is 510 g/mol. The van der Waals surface area contributed by atoms with Crippen LogP contribution < -0.4 is 4.89 Å². The van der Waals surface area contributed by atoms with Crippen LogP contribution in [0.25, 0.3) is 0 Å². The molecule has 0 aromatic carbocycles. The molecule has 10 heteroatoms. The second kappa shape index (κ2) is 16.9. The van der Waals surface area contributed by atoms with E-state index in [1.807, 2.05) is 0 Å². The summed E-state index contributed by atoms with van der Waals surface area (Å²) in [6.07, 6.45) is 7.43. The van der Waals surface area contributed by atoms with Gasteiger partial charge in [-0.15, -0.1) is 0 Å². The van der Waals surface area contributed by atoms with Crippen LogP contribution in [0.4, 0.5) is 0 Å². The van der Waals surface area contributed by atoms with Gasteiger partial charge in [0.2, 0.25) is 5.60 Å². The van der Waals surface area contributed by atoms with Crippen LogP contribution in [-0.4, -0.2) is 78.9 Å². The number of hydrogen-bond donors (Lipinski definition) is 2. The number of aliphatic hydroxyl groups is 2. The van der Waals surface area contributed by atoms with E-state index in [4.69, 9.17) is 14.2 Å². The van der Waals surface area contributed by atoms with Gasteiger partial charge in [-0.2, -0.15) is 0 Å². The number of hydrogen-bond acceptors (Lipinski definition) is 8. The highest BCUT2D eigenvalue weighted by Crippen LogP contribution is 2.45. The Morgan fingerprint density at radius 2 is 1.35 bits per heavy atom. The van der Waals surface area contributed by atoms with Crippen LogP contribution in [0, 0.1) is 0 Å². The summed E-state index contributed by atoms with van der Waals surface area (Å²) in [6, 6.07) is 0. The van der Waals surface area contributed by atoms with Crippen molar-refractivity contribution in [1.82, 2.24) is 0 Å². The lowest BCUT2D eigenvalue weighted by atomic mass is 9.86. The SMILES string of the molecule is CCCCCCCC(=O)C(C[N+](C)(C)C)(OP(=O)([O-])OC[C@H](O)CO)C(=O)CCCCCCC. The number of Topliss-reactive ketones (excluding diaryl/α,β-unsaturated/α-hetero) is 2. The van der Waals surface area contributed by atoms with Crippen molar-refractivity contribution in [3.63, 3.8) is 0 Å². The van der Waals surface area contributed by atoms with E-state index in [-0.39, 0.29) is 23.9 Å². The molecule has 0 bridgehead atoms. The van der Waals surface area contributed by atoms with Crippen molar-refractivity contribution in [2.24, 2.45) is 0 Å². The van der Waals surface area contributed by atoms with E-state index < -0.39 is 44.3 Å². The first kappa shape index (κ1) is 33.3. The number of ketones is 2. The number of phosphoric ester groups is 1. The van der Waals surface area contributed by atoms with Crippen LogP contribution >= 0.6 is 7.82 Å². The standard InChI is InChI=1S/C24H48NO8P/c1-6-8-10-12-14-16-22(28)24(20-25(3,4)5,23(29)17-15-13-11-9-7-2)33-34(30,31)32-19-21(27)18-26/h21,26-27H,6-20H2,1-5H3/t21-/m1/s1. The van der Waals surface area contributed by atoms with E-state index in [0.29, 0.717) is 12.8 Å². The third-order valence-electron chi connectivity index (χ3n) is 5.52. The molecule has 34 heavy (non-hydrogen) atoms. The molecule has 1 unspecified atom stereocenters. The van der Waals surface area contributed by atoms with Crippen molar-refractivity contribution in [3.8, 4) is 0 Å². The van der Waals surface area contributed by atoms with Crippen molar-refractivity contribution in [3.05, 3.63) is 0 Å². The van der Waals surface area contributed by atoms with Crippen LogP contribution in [0.1, 0.15) is 90.9 Å². The summed E-state index contributed by atoms with van der Waals surface area (Å²) < 4.78 is 22.9. The van der Waals surface area contributed by atoms with Gasteiger partial charge in [0.15, 0.2) is 11.6 Å². The molecule has 0 saturated carbocycles. The zero-order valence-corrected chi connectivity index (χ0v) is 22.8. The Morgan fingerprint density at radius 3 is 1.74 bits per heavy atom. The highest BCUT2D eigenvalue weighted by molar-refractivity contribution is 7.46. The van der Waals surface area contributed by atoms with Crippen molar-refractivity contribution < 1.29 is 42.8 Å². The van der Waals surface area contributed by atoms with Crippen LogP contribution in [0.2, 0.25) is 0 Å². The molecule has 0 aliphatic rings. The van der Waals surface area contributed by atoms with Crippen molar-refractivity contribution in [2.75, 3.05) is 40.9 Å². The lowest BCUT2D eigenvalue weighted by Crippen LogP contribution is -2.60. The monoisotopic (exact) mass is 509 g/mol. The lowest BCUT2D eigenvalue weighted by Gasteiger charge is -2.40. The number of rotatable bonds is 22. The molecule has 0 rings (SSSR count). The van der Waals surface area contributed by atoms with E-state index in [9.17, 15) is 24.2 Å². The van der Waals surface area contributed by atoms with E-state index >= 15 is 0 Å². The van der Waals surface area contributed by atoms with Gasteiger partial charge in [-0.1, -0.05) is 65.2 Å². The van der Waals surface area contributed by atoms with Crippen LogP contribution in [0.5, 0.6) is 0 Å². The largest absolute Gasteiger partial charge is 0.756 e. The maximum Gasteiger partial charge on any atom is 0.269 e. The molecule has 0 aliphatic carbocycles. The fourth-order valence-corrected chi connectivity index (χ4v) is 4.81. The van der Waals surface area contributed by atoms with Gasteiger partial charge in [0.25, 0.3) is 7.82 Å². The van der Waals surface area contributed by atoms with E-state index in [2.05, 4.69) is 13.8 Å². The topological polar surface area (TPSA) is 133 Å². The van der Waals surface area contributed by atoms with E-state index in [1.165, 1.54) is 0 Å². The summed E-state index contributed by atoms with van der Waals surface area (Å²) in [7, 11) is 0.124. The molecule has 0 aromatic heterocycles. The normalized spacial score (nSPS) is 15.2. The average Bonchev–Trinajstić information content (AvgIpc) is 2.75. The fourth-order valence-electron chi connectivity index (χ4n) is 3.76. The van der Waals surface area contributed by atoms with Crippen molar-refractivity contribution >= 4 is 19.4 Å². The zero-order chi connectivity index (χ0) is 26.3. The van der Waals surface area contributed by atoms with Gasteiger partial charge in [-0.05, 0) is 12.8 Å². The molecule has 0 aromatic rings. The number of carbonyl (C=O) groups is 2. The predicted molar refractivity (Wildman–Crippen MR) is 130 cm³/mol. The minimum atomic E-state index is -5.15. The third kappa shape index (κ3) is 14.0. The molecule has 0 radical (unpaired) electrons.